The number of amides is 1. The van der Waals surface area contributed by atoms with E-state index in [0.29, 0.717) is 24.7 Å². The Morgan fingerprint density at radius 2 is 2.23 bits per heavy atom. The second-order valence-electron chi connectivity index (χ2n) is 7.42. The maximum atomic E-state index is 12.5. The Morgan fingerprint density at radius 1 is 1.26 bits per heavy atom. The molecule has 1 atom stereocenters. The molecule has 5 rings (SSSR count). The largest absolute Gasteiger partial charge is 0.378 e. The van der Waals surface area contributed by atoms with Crippen LogP contribution in [0.25, 0.3) is 11.5 Å². The summed E-state index contributed by atoms with van der Waals surface area (Å²) in [4.78, 5) is 25.7. The Kier molecular flexibility index (Phi) is 5.32. The first-order valence-electron chi connectivity index (χ1n) is 10.3. The highest BCUT2D eigenvalue weighted by Crippen LogP contribution is 2.18. The summed E-state index contributed by atoms with van der Waals surface area (Å²) in [6.07, 6.45) is 10.9. The van der Waals surface area contributed by atoms with Crippen LogP contribution in [-0.2, 0) is 11.3 Å². The molecule has 9 heteroatoms. The monoisotopic (exact) mass is 417 g/mol. The van der Waals surface area contributed by atoms with Crippen molar-refractivity contribution >= 4 is 17.1 Å². The van der Waals surface area contributed by atoms with Gasteiger partial charge in [-0.05, 0) is 37.1 Å². The molecule has 0 aromatic carbocycles. The van der Waals surface area contributed by atoms with Crippen LogP contribution in [0.15, 0.2) is 61.4 Å². The second-order valence-corrected chi connectivity index (χ2v) is 7.42. The van der Waals surface area contributed by atoms with Crippen molar-refractivity contribution in [1.29, 1.82) is 0 Å². The summed E-state index contributed by atoms with van der Waals surface area (Å²) in [6.45, 7) is 1.81. The number of nitrogens with zero attached hydrogens (tertiary/aromatic N) is 5. The Hall–Kier alpha value is -3.72. The first-order chi connectivity index (χ1) is 15.3. The van der Waals surface area contributed by atoms with E-state index in [1.807, 2.05) is 40.9 Å². The number of hydrogen-bond acceptors (Lipinski definition) is 6. The van der Waals surface area contributed by atoms with Crippen molar-refractivity contribution in [1.82, 2.24) is 29.2 Å². The zero-order valence-corrected chi connectivity index (χ0v) is 16.9. The van der Waals surface area contributed by atoms with Crippen molar-refractivity contribution in [2.24, 2.45) is 0 Å². The summed E-state index contributed by atoms with van der Waals surface area (Å²) in [6, 6.07) is 9.79. The third kappa shape index (κ3) is 4.13. The Balaban J connectivity index is 1.35. The molecule has 1 saturated heterocycles. The molecule has 1 amide bonds. The molecule has 0 bridgehead atoms. The van der Waals surface area contributed by atoms with E-state index >= 15 is 0 Å². The predicted octanol–water partition coefficient (Wildman–Crippen LogP) is 2.44. The fourth-order valence-electron chi connectivity index (χ4n) is 3.70. The molecule has 1 fully saturated rings. The zero-order chi connectivity index (χ0) is 21.0. The molecule has 4 aromatic heterocycles. The van der Waals surface area contributed by atoms with E-state index < -0.39 is 0 Å². The number of aromatic nitrogens is 5. The summed E-state index contributed by atoms with van der Waals surface area (Å²) in [5.41, 5.74) is 3.14. The van der Waals surface area contributed by atoms with Gasteiger partial charge in [0.25, 0.3) is 5.91 Å². The van der Waals surface area contributed by atoms with E-state index in [1.165, 1.54) is 0 Å². The van der Waals surface area contributed by atoms with Crippen molar-refractivity contribution < 1.29 is 9.53 Å². The lowest BCUT2D eigenvalue weighted by atomic mass is 10.2. The van der Waals surface area contributed by atoms with E-state index in [-0.39, 0.29) is 12.0 Å². The third-order valence-corrected chi connectivity index (χ3v) is 5.29. The summed E-state index contributed by atoms with van der Waals surface area (Å²) < 4.78 is 9.30. The van der Waals surface area contributed by atoms with Crippen LogP contribution >= 0.6 is 0 Å². The Bertz CT molecular complexity index is 1180. The van der Waals surface area contributed by atoms with Crippen LogP contribution in [0.2, 0.25) is 0 Å². The minimum Gasteiger partial charge on any atom is -0.378 e. The molecule has 4 aromatic rings. The number of imidazole rings is 2. The maximum Gasteiger partial charge on any atom is 0.271 e. The predicted molar refractivity (Wildman–Crippen MR) is 115 cm³/mol. The van der Waals surface area contributed by atoms with Gasteiger partial charge >= 0.3 is 0 Å². The molecule has 0 unspecified atom stereocenters. The lowest BCUT2D eigenvalue weighted by Gasteiger charge is -2.09. The topological polar surface area (TPSA) is 98.4 Å². The minimum absolute atomic E-state index is 0.0946. The molecule has 2 N–H and O–H groups in total. The minimum atomic E-state index is -0.214. The molecule has 9 nitrogen and oxygen atoms in total. The van der Waals surface area contributed by atoms with E-state index in [9.17, 15) is 4.79 Å². The smallest absolute Gasteiger partial charge is 0.271 e. The summed E-state index contributed by atoms with van der Waals surface area (Å²) in [5, 5.41) is 6.25. The number of pyridine rings is 2. The molecule has 5 heterocycles. The van der Waals surface area contributed by atoms with Crippen LogP contribution in [0.4, 0.5) is 5.69 Å². The van der Waals surface area contributed by atoms with E-state index in [0.717, 1.165) is 36.3 Å². The lowest BCUT2D eigenvalue weighted by molar-refractivity contribution is 0.0854. The Morgan fingerprint density at radius 3 is 3.06 bits per heavy atom. The van der Waals surface area contributed by atoms with Gasteiger partial charge in [-0.2, -0.15) is 0 Å². The fourth-order valence-corrected chi connectivity index (χ4v) is 3.70. The average Bonchev–Trinajstić information content (AvgIpc) is 3.57. The summed E-state index contributed by atoms with van der Waals surface area (Å²) >= 11 is 0. The number of hydrogen-bond donors (Lipinski definition) is 2. The standard InChI is InChI=1S/C22H23N7O2/c30-21(25-12-17-6-4-10-31-17)19-14-28(15-26-19)22-27-18(20-7-1-2-9-29(20)22)13-24-16-5-3-8-23-11-16/h1-3,5,7-9,11,14-15,17,24H,4,6,10,12-13H2,(H,25,30)/t17-/m0/s1. The molecular weight excluding hydrogens is 394 g/mol. The van der Waals surface area contributed by atoms with Crippen LogP contribution in [0.1, 0.15) is 29.0 Å². The first-order valence-corrected chi connectivity index (χ1v) is 10.3. The van der Waals surface area contributed by atoms with Crippen molar-refractivity contribution in [3.8, 4) is 5.95 Å². The second kappa shape index (κ2) is 8.57. The molecule has 1 aliphatic heterocycles. The van der Waals surface area contributed by atoms with Crippen molar-refractivity contribution in [2.45, 2.75) is 25.5 Å². The molecule has 0 spiro atoms. The molecule has 0 saturated carbocycles. The van der Waals surface area contributed by atoms with Gasteiger partial charge in [-0.15, -0.1) is 0 Å². The van der Waals surface area contributed by atoms with Crippen LogP contribution in [0, 0.1) is 0 Å². The average molecular weight is 417 g/mol. The highest BCUT2D eigenvalue weighted by Gasteiger charge is 2.19. The van der Waals surface area contributed by atoms with Gasteiger partial charge in [0.15, 0.2) is 0 Å². The Labute approximate surface area is 179 Å². The van der Waals surface area contributed by atoms with Crippen LogP contribution in [0.5, 0.6) is 0 Å². The number of ether oxygens (including phenoxy) is 1. The van der Waals surface area contributed by atoms with E-state index in [4.69, 9.17) is 9.72 Å². The number of anilines is 1. The molecule has 158 valence electrons. The molecule has 1 aliphatic rings. The summed E-state index contributed by atoms with van der Waals surface area (Å²) in [7, 11) is 0. The number of nitrogens with one attached hydrogen (secondary N) is 2. The lowest BCUT2D eigenvalue weighted by Crippen LogP contribution is -2.31. The van der Waals surface area contributed by atoms with E-state index in [1.54, 1.807) is 29.5 Å². The number of carbonyl (C=O) groups is 1. The molecular formula is C22H23N7O2. The van der Waals surface area contributed by atoms with Gasteiger partial charge in [0.05, 0.1) is 29.5 Å². The van der Waals surface area contributed by atoms with Gasteiger partial charge in [-0.3, -0.25) is 18.7 Å². The maximum absolute atomic E-state index is 12.5. The van der Waals surface area contributed by atoms with Crippen LogP contribution < -0.4 is 10.6 Å². The first kappa shape index (κ1) is 19.3. The number of rotatable bonds is 7. The quantitative estimate of drug-likeness (QED) is 0.479. The molecule has 0 aliphatic carbocycles. The highest BCUT2D eigenvalue weighted by atomic mass is 16.5. The van der Waals surface area contributed by atoms with Crippen molar-refractivity contribution in [2.75, 3.05) is 18.5 Å². The van der Waals surface area contributed by atoms with Crippen molar-refractivity contribution in [3.63, 3.8) is 0 Å². The molecule has 0 radical (unpaired) electrons. The van der Waals surface area contributed by atoms with Gasteiger partial charge < -0.3 is 15.4 Å². The number of carbonyl (C=O) groups excluding carboxylic acids is 1. The SMILES string of the molecule is O=C(NC[C@@H]1CCCO1)c1cn(-c2nc(CNc3cccnc3)c3ccccn23)cn1. The van der Waals surface area contributed by atoms with Crippen LogP contribution in [-0.4, -0.2) is 49.1 Å². The van der Waals surface area contributed by atoms with Gasteiger partial charge in [-0.1, -0.05) is 6.07 Å². The van der Waals surface area contributed by atoms with Crippen molar-refractivity contribution in [3.05, 3.63) is 72.8 Å². The van der Waals surface area contributed by atoms with Crippen LogP contribution in [0.3, 0.4) is 0 Å². The molecule has 31 heavy (non-hydrogen) atoms. The fraction of sp³-hybridized carbons (Fsp3) is 0.273. The number of fused-ring (bicyclic) bond motifs is 1. The van der Waals surface area contributed by atoms with Gasteiger partial charge in [-0.25, -0.2) is 9.97 Å². The van der Waals surface area contributed by atoms with Gasteiger partial charge in [0.2, 0.25) is 5.95 Å². The highest BCUT2D eigenvalue weighted by molar-refractivity contribution is 5.92. The summed E-state index contributed by atoms with van der Waals surface area (Å²) in [5.74, 6) is 0.456. The van der Waals surface area contributed by atoms with Gasteiger partial charge in [0.1, 0.15) is 12.0 Å². The zero-order valence-electron chi connectivity index (χ0n) is 16.9. The van der Waals surface area contributed by atoms with Gasteiger partial charge in [0, 0.05) is 37.9 Å². The van der Waals surface area contributed by atoms with E-state index in [2.05, 4.69) is 20.6 Å². The normalized spacial score (nSPS) is 15.9. The third-order valence-electron chi connectivity index (χ3n) is 5.29.